The fourth-order valence-electron chi connectivity index (χ4n) is 3.73. The van der Waals surface area contributed by atoms with Gasteiger partial charge in [0.05, 0.1) is 17.5 Å². The molecule has 0 bridgehead atoms. The highest BCUT2D eigenvalue weighted by molar-refractivity contribution is 7.18. The minimum Gasteiger partial charge on any atom is -0.489 e. The van der Waals surface area contributed by atoms with Crippen molar-refractivity contribution in [3.8, 4) is 16.3 Å². The number of esters is 1. The minimum atomic E-state index is -0.483. The summed E-state index contributed by atoms with van der Waals surface area (Å²) in [6.07, 6.45) is 1.02. The normalized spacial score (nSPS) is 17.7. The summed E-state index contributed by atoms with van der Waals surface area (Å²) in [4.78, 5) is 19.0. The molecule has 1 atom stereocenters. The Bertz CT molecular complexity index is 1090. The van der Waals surface area contributed by atoms with Crippen LogP contribution in [0.25, 0.3) is 10.6 Å². The molecule has 1 unspecified atom stereocenters. The smallest absolute Gasteiger partial charge is 0.307 e. The molecule has 1 N–H and O–H groups in total. The summed E-state index contributed by atoms with van der Waals surface area (Å²) in [6, 6.07) is 5.56. The van der Waals surface area contributed by atoms with Crippen LogP contribution in [0.4, 0.5) is 5.13 Å². The quantitative estimate of drug-likeness (QED) is 0.349. The summed E-state index contributed by atoms with van der Waals surface area (Å²) >= 11 is 7.74. The summed E-state index contributed by atoms with van der Waals surface area (Å²) in [7, 11) is 0. The molecule has 35 heavy (non-hydrogen) atoms. The number of carbonyl (C=O) groups excluding carboxylic acids is 1. The second-order valence-electron chi connectivity index (χ2n) is 9.92. The zero-order valence-corrected chi connectivity index (χ0v) is 22.8. The first kappa shape index (κ1) is 27.2. The van der Waals surface area contributed by atoms with Crippen molar-refractivity contribution < 1.29 is 14.3 Å². The van der Waals surface area contributed by atoms with Gasteiger partial charge in [0, 0.05) is 42.5 Å². The zero-order chi connectivity index (χ0) is 25.8. The number of nitrogens with one attached hydrogen (secondary N) is 1. The molecule has 8 nitrogen and oxygen atoms in total. The summed E-state index contributed by atoms with van der Waals surface area (Å²) in [5, 5.41) is 18.7. The number of ether oxygens (including phenoxy) is 2. The third-order valence-electron chi connectivity index (χ3n) is 5.34. The zero-order valence-electron chi connectivity index (χ0n) is 21.2. The van der Waals surface area contributed by atoms with Gasteiger partial charge in [-0.05, 0) is 66.2 Å². The molecule has 1 aliphatic rings. The lowest BCUT2D eigenvalue weighted by Crippen LogP contribution is -2.44. The van der Waals surface area contributed by atoms with Gasteiger partial charge in [0.25, 0.3) is 0 Å². The van der Waals surface area contributed by atoms with E-state index < -0.39 is 5.60 Å². The van der Waals surface area contributed by atoms with E-state index >= 15 is 0 Å². The van der Waals surface area contributed by atoms with Gasteiger partial charge in [-0.1, -0.05) is 22.9 Å². The summed E-state index contributed by atoms with van der Waals surface area (Å²) in [6.45, 7) is 13.4. The van der Waals surface area contributed by atoms with E-state index in [4.69, 9.17) is 26.5 Å². The van der Waals surface area contributed by atoms with Crippen LogP contribution in [-0.2, 0) is 9.53 Å². The largest absolute Gasteiger partial charge is 0.489 e. The number of aliphatic imine (C=N–C) groups is 1. The topological polar surface area (TPSA) is 101 Å². The van der Waals surface area contributed by atoms with E-state index in [1.54, 1.807) is 0 Å². The fraction of sp³-hybridized carbons (Fsp3) is 0.560. The summed E-state index contributed by atoms with van der Waals surface area (Å²) < 4.78 is 11.1. The molecule has 10 heteroatoms. The van der Waals surface area contributed by atoms with Crippen molar-refractivity contribution >= 4 is 45.5 Å². The number of carbonyl (C=O) groups is 1. The number of nitrogens with zero attached hydrogens (tertiary/aromatic N) is 4. The Morgan fingerprint density at radius 1 is 1.34 bits per heavy atom. The SMILES string of the molecule is CC(=Nc1nnc(-c2ccc(OC(C)C)c(Cl)c2)s1)C1CN(CCC(=O)OC(C)(C)C)CCC1=N. The Labute approximate surface area is 216 Å². The molecule has 1 saturated heterocycles. The average molecular weight is 520 g/mol. The molecule has 3 rings (SSSR count). The van der Waals surface area contributed by atoms with Crippen molar-refractivity contribution in [1.29, 1.82) is 5.41 Å². The molecule has 1 aliphatic heterocycles. The van der Waals surface area contributed by atoms with Crippen LogP contribution in [0.3, 0.4) is 0 Å². The van der Waals surface area contributed by atoms with E-state index in [0.717, 1.165) is 17.8 Å². The second kappa shape index (κ2) is 11.6. The van der Waals surface area contributed by atoms with Crippen LogP contribution in [0.15, 0.2) is 23.2 Å². The molecular formula is C25H34ClN5O3S. The van der Waals surface area contributed by atoms with Crippen molar-refractivity contribution in [1.82, 2.24) is 15.1 Å². The fourth-order valence-corrected chi connectivity index (χ4v) is 4.73. The maximum atomic E-state index is 12.1. The monoisotopic (exact) mass is 519 g/mol. The van der Waals surface area contributed by atoms with Crippen molar-refractivity contribution in [2.45, 2.75) is 66.1 Å². The number of piperidine rings is 1. The lowest BCUT2D eigenvalue weighted by molar-refractivity contribution is -0.155. The van der Waals surface area contributed by atoms with Gasteiger partial charge in [0.2, 0.25) is 5.13 Å². The molecule has 2 aromatic rings. The number of likely N-dealkylation sites (tertiary alicyclic amines) is 1. The number of hydrogen-bond donors (Lipinski definition) is 1. The van der Waals surface area contributed by atoms with Crippen molar-refractivity contribution in [2.75, 3.05) is 19.6 Å². The molecule has 0 radical (unpaired) electrons. The molecule has 0 aliphatic carbocycles. The van der Waals surface area contributed by atoms with E-state index in [1.807, 2.05) is 59.7 Å². The molecule has 190 valence electrons. The van der Waals surface area contributed by atoms with Crippen LogP contribution in [-0.4, -0.2) is 63.8 Å². The van der Waals surface area contributed by atoms with E-state index in [0.29, 0.717) is 52.6 Å². The predicted molar refractivity (Wildman–Crippen MR) is 142 cm³/mol. The third kappa shape index (κ3) is 8.08. The summed E-state index contributed by atoms with van der Waals surface area (Å²) in [5.41, 5.74) is 1.83. The molecule has 1 fully saturated rings. The van der Waals surface area contributed by atoms with Crippen molar-refractivity contribution in [3.63, 3.8) is 0 Å². The van der Waals surface area contributed by atoms with E-state index in [1.165, 1.54) is 11.3 Å². The van der Waals surface area contributed by atoms with Gasteiger partial charge in [0.1, 0.15) is 16.4 Å². The van der Waals surface area contributed by atoms with Crippen LogP contribution in [0.1, 0.15) is 54.4 Å². The number of halogens is 1. The first-order chi connectivity index (χ1) is 16.4. The Morgan fingerprint density at radius 3 is 2.74 bits per heavy atom. The van der Waals surface area contributed by atoms with Crippen LogP contribution in [0.2, 0.25) is 5.02 Å². The van der Waals surface area contributed by atoms with E-state index in [2.05, 4.69) is 20.1 Å². The van der Waals surface area contributed by atoms with Crippen LogP contribution in [0, 0.1) is 11.3 Å². The Balaban J connectivity index is 1.65. The van der Waals surface area contributed by atoms with Gasteiger partial charge in [-0.3, -0.25) is 4.79 Å². The van der Waals surface area contributed by atoms with E-state index in [9.17, 15) is 4.79 Å². The molecule has 2 heterocycles. The van der Waals surface area contributed by atoms with E-state index in [-0.39, 0.29) is 18.0 Å². The van der Waals surface area contributed by atoms with Gasteiger partial charge >= 0.3 is 5.97 Å². The van der Waals surface area contributed by atoms with Gasteiger partial charge in [-0.25, -0.2) is 4.99 Å². The second-order valence-corrected chi connectivity index (χ2v) is 11.3. The van der Waals surface area contributed by atoms with Gasteiger partial charge < -0.3 is 19.8 Å². The van der Waals surface area contributed by atoms with Crippen molar-refractivity contribution in [2.24, 2.45) is 10.9 Å². The molecule has 0 amide bonds. The Hall–Kier alpha value is -2.36. The molecular weight excluding hydrogens is 486 g/mol. The lowest BCUT2D eigenvalue weighted by Gasteiger charge is -2.33. The molecule has 0 spiro atoms. The maximum absolute atomic E-state index is 12.1. The number of benzene rings is 1. The van der Waals surface area contributed by atoms with Crippen LogP contribution in [0.5, 0.6) is 5.75 Å². The molecule has 0 saturated carbocycles. The minimum absolute atomic E-state index is 0.0375. The number of aromatic nitrogens is 2. The van der Waals surface area contributed by atoms with Crippen LogP contribution >= 0.6 is 22.9 Å². The van der Waals surface area contributed by atoms with Gasteiger partial charge in [0.15, 0.2) is 0 Å². The number of rotatable bonds is 8. The maximum Gasteiger partial charge on any atom is 0.307 e. The Kier molecular flexibility index (Phi) is 9.01. The van der Waals surface area contributed by atoms with Gasteiger partial charge in [-0.15, -0.1) is 10.2 Å². The summed E-state index contributed by atoms with van der Waals surface area (Å²) in [5.74, 6) is 0.318. The molecule has 1 aromatic carbocycles. The predicted octanol–water partition coefficient (Wildman–Crippen LogP) is 5.81. The lowest BCUT2D eigenvalue weighted by atomic mass is 9.91. The highest BCUT2D eigenvalue weighted by Gasteiger charge is 2.28. The van der Waals surface area contributed by atoms with Crippen molar-refractivity contribution in [3.05, 3.63) is 23.2 Å². The first-order valence-electron chi connectivity index (χ1n) is 11.8. The Morgan fingerprint density at radius 2 is 2.09 bits per heavy atom. The standard InChI is InChI=1S/C25H34ClN5O3S/c1-15(2)33-21-8-7-17(13-19(21)26)23-29-30-24(35-23)28-16(3)18-14-31(11-9-20(18)27)12-10-22(32)34-25(4,5)6/h7-8,13,15,18,27H,9-12,14H2,1-6H3. The average Bonchev–Trinajstić information content (AvgIpc) is 3.21. The first-order valence-corrected chi connectivity index (χ1v) is 13.0. The molecule has 1 aromatic heterocycles. The highest BCUT2D eigenvalue weighted by atomic mass is 35.5. The van der Waals surface area contributed by atoms with Crippen LogP contribution < -0.4 is 4.74 Å². The highest BCUT2D eigenvalue weighted by Crippen LogP contribution is 2.34. The third-order valence-corrected chi connectivity index (χ3v) is 6.50. The number of hydrogen-bond acceptors (Lipinski definition) is 9. The van der Waals surface area contributed by atoms with Gasteiger partial charge in [-0.2, -0.15) is 0 Å².